The van der Waals surface area contributed by atoms with Crippen molar-refractivity contribution < 1.29 is 23.8 Å². The van der Waals surface area contributed by atoms with Crippen molar-refractivity contribution in [2.24, 2.45) is 5.92 Å². The first kappa shape index (κ1) is 29.2. The van der Waals surface area contributed by atoms with E-state index in [4.69, 9.17) is 9.47 Å². The highest BCUT2D eigenvalue weighted by molar-refractivity contribution is 5.98. The van der Waals surface area contributed by atoms with Gasteiger partial charge in [0.1, 0.15) is 23.8 Å². The number of ether oxygens (including phenoxy) is 2. The van der Waals surface area contributed by atoms with E-state index in [0.717, 1.165) is 65.5 Å². The lowest BCUT2D eigenvalue weighted by molar-refractivity contribution is 0.0697. The standard InChI is InChI=1S/C36H41FN2O4/c1-23(25-9-5-4-6-10-25)43-27-14-16-30-33(20-27)42-22-24(17-18-38(2)3)21-39-32-19-26(36(40)41)13-15-29(32)34(35(30)39)28-11-7-8-12-31(28)37/h4-6,9-10,13-16,19-20,23-24,28,31H,7-8,11-12,17-18,21-22H2,1-3H3,(H,40,41)/t23?,24?,28?,31-/m0/s1. The highest BCUT2D eigenvalue weighted by Crippen LogP contribution is 2.49. The van der Waals surface area contributed by atoms with Gasteiger partial charge in [0.25, 0.3) is 0 Å². The number of carboxylic acid groups (broad SMARTS) is 1. The first-order valence-electron chi connectivity index (χ1n) is 15.5. The van der Waals surface area contributed by atoms with Crippen LogP contribution in [0.4, 0.5) is 4.39 Å². The van der Waals surface area contributed by atoms with E-state index in [2.05, 4.69) is 35.7 Å². The topological polar surface area (TPSA) is 63.9 Å². The van der Waals surface area contributed by atoms with Gasteiger partial charge >= 0.3 is 5.97 Å². The second-order valence-corrected chi connectivity index (χ2v) is 12.4. The molecule has 1 aliphatic heterocycles. The van der Waals surface area contributed by atoms with Gasteiger partial charge in [-0.05, 0) is 82.2 Å². The zero-order valence-electron chi connectivity index (χ0n) is 25.3. The van der Waals surface area contributed by atoms with Crippen LogP contribution >= 0.6 is 0 Å². The molecule has 2 heterocycles. The number of halogens is 1. The van der Waals surface area contributed by atoms with Gasteiger partial charge in [-0.2, -0.15) is 0 Å². The first-order chi connectivity index (χ1) is 20.8. The summed E-state index contributed by atoms with van der Waals surface area (Å²) in [6.07, 6.45) is 2.99. The molecule has 1 fully saturated rings. The summed E-state index contributed by atoms with van der Waals surface area (Å²) in [6, 6.07) is 21.4. The molecule has 4 aromatic rings. The van der Waals surface area contributed by atoms with Gasteiger partial charge in [0.15, 0.2) is 0 Å². The molecule has 1 aliphatic carbocycles. The summed E-state index contributed by atoms with van der Waals surface area (Å²) < 4.78 is 31.0. The van der Waals surface area contributed by atoms with E-state index in [1.54, 1.807) is 12.1 Å². The molecule has 7 heteroatoms. The van der Waals surface area contributed by atoms with Crippen LogP contribution in [0.3, 0.4) is 0 Å². The van der Waals surface area contributed by atoms with Crippen LogP contribution in [0.1, 0.15) is 72.5 Å². The van der Waals surface area contributed by atoms with Crippen molar-refractivity contribution in [2.75, 3.05) is 27.2 Å². The molecule has 4 atom stereocenters. The summed E-state index contributed by atoms with van der Waals surface area (Å²) >= 11 is 0. The van der Waals surface area contributed by atoms with Crippen molar-refractivity contribution in [2.45, 2.75) is 63.8 Å². The third kappa shape index (κ3) is 6.00. The van der Waals surface area contributed by atoms with E-state index in [0.29, 0.717) is 31.1 Å². The van der Waals surface area contributed by atoms with Crippen molar-refractivity contribution in [3.8, 4) is 22.8 Å². The quantitative estimate of drug-likeness (QED) is 0.227. The molecule has 43 heavy (non-hydrogen) atoms. The molecule has 0 radical (unpaired) electrons. The molecule has 0 amide bonds. The predicted octanol–water partition coefficient (Wildman–Crippen LogP) is 8.10. The van der Waals surface area contributed by atoms with Crippen molar-refractivity contribution in [3.63, 3.8) is 0 Å². The molecule has 2 aliphatic rings. The number of aromatic carboxylic acids is 1. The summed E-state index contributed by atoms with van der Waals surface area (Å²) in [4.78, 5) is 14.2. The summed E-state index contributed by atoms with van der Waals surface area (Å²) in [7, 11) is 4.13. The maximum Gasteiger partial charge on any atom is 0.335 e. The fourth-order valence-electron chi connectivity index (χ4n) is 6.80. The molecule has 3 aromatic carbocycles. The molecule has 6 rings (SSSR count). The van der Waals surface area contributed by atoms with E-state index in [-0.39, 0.29) is 23.5 Å². The van der Waals surface area contributed by atoms with Gasteiger partial charge in [-0.1, -0.05) is 49.2 Å². The smallest absolute Gasteiger partial charge is 0.335 e. The van der Waals surface area contributed by atoms with Crippen molar-refractivity contribution in [1.29, 1.82) is 0 Å². The van der Waals surface area contributed by atoms with Gasteiger partial charge in [-0.15, -0.1) is 0 Å². The van der Waals surface area contributed by atoms with E-state index >= 15 is 4.39 Å². The molecule has 0 bridgehead atoms. The van der Waals surface area contributed by atoms with Crippen LogP contribution < -0.4 is 9.47 Å². The molecule has 0 spiro atoms. The Labute approximate surface area is 253 Å². The molecule has 1 saturated carbocycles. The Balaban J connectivity index is 1.52. The number of fused-ring (bicyclic) bond motifs is 5. The van der Waals surface area contributed by atoms with Crippen LogP contribution in [0.15, 0.2) is 66.7 Å². The first-order valence-corrected chi connectivity index (χ1v) is 15.5. The lowest BCUT2D eigenvalue weighted by Crippen LogP contribution is -2.26. The van der Waals surface area contributed by atoms with Crippen LogP contribution in [0.25, 0.3) is 22.2 Å². The number of nitrogens with zero attached hydrogens (tertiary/aromatic N) is 2. The maximum absolute atomic E-state index is 15.8. The second kappa shape index (κ2) is 12.4. The monoisotopic (exact) mass is 584 g/mol. The molecule has 226 valence electrons. The van der Waals surface area contributed by atoms with Crippen molar-refractivity contribution in [3.05, 3.63) is 83.4 Å². The van der Waals surface area contributed by atoms with Gasteiger partial charge in [-0.25, -0.2) is 9.18 Å². The molecule has 6 nitrogen and oxygen atoms in total. The number of carboxylic acids is 1. The van der Waals surface area contributed by atoms with E-state index < -0.39 is 12.1 Å². The Hall–Kier alpha value is -3.84. The maximum atomic E-state index is 15.8. The van der Waals surface area contributed by atoms with Crippen LogP contribution in [0.5, 0.6) is 11.5 Å². The Morgan fingerprint density at radius 1 is 1.09 bits per heavy atom. The zero-order chi connectivity index (χ0) is 30.1. The number of benzene rings is 3. The Kier molecular flexibility index (Phi) is 8.44. The highest BCUT2D eigenvalue weighted by Gasteiger charge is 2.35. The Morgan fingerprint density at radius 3 is 2.63 bits per heavy atom. The lowest BCUT2D eigenvalue weighted by atomic mass is 9.80. The molecule has 1 aromatic heterocycles. The SMILES string of the molecule is CC(Oc1ccc2c(c1)OCC(CCN(C)C)Cn1c-2c(C2CCCC[C@@H]2F)c2ccc(C(=O)O)cc21)c1ccccc1. The van der Waals surface area contributed by atoms with Crippen molar-refractivity contribution >= 4 is 16.9 Å². The number of hydrogen-bond acceptors (Lipinski definition) is 4. The molecular formula is C36H41FN2O4. The minimum Gasteiger partial charge on any atom is -0.492 e. The average Bonchev–Trinajstić information content (AvgIpc) is 3.30. The van der Waals surface area contributed by atoms with E-state index in [9.17, 15) is 9.90 Å². The number of hydrogen-bond donors (Lipinski definition) is 1. The van der Waals surface area contributed by atoms with Crippen LogP contribution in [-0.2, 0) is 6.54 Å². The molecule has 1 N–H and O–H groups in total. The number of carbonyl (C=O) groups is 1. The fourth-order valence-corrected chi connectivity index (χ4v) is 6.80. The highest BCUT2D eigenvalue weighted by atomic mass is 19.1. The van der Waals surface area contributed by atoms with E-state index in [1.807, 2.05) is 49.4 Å². The molecular weight excluding hydrogens is 543 g/mol. The Bertz CT molecular complexity index is 1600. The van der Waals surface area contributed by atoms with Gasteiger partial charge in [0.2, 0.25) is 0 Å². The summed E-state index contributed by atoms with van der Waals surface area (Å²) in [5.41, 5.74) is 4.99. The van der Waals surface area contributed by atoms with Crippen LogP contribution in [0.2, 0.25) is 0 Å². The van der Waals surface area contributed by atoms with Crippen LogP contribution in [0, 0.1) is 5.92 Å². The normalized spacial score (nSPS) is 20.9. The lowest BCUT2D eigenvalue weighted by Gasteiger charge is -2.30. The number of alkyl halides is 1. The number of rotatable bonds is 8. The summed E-state index contributed by atoms with van der Waals surface area (Å²) in [5.74, 6) is 0.366. The average molecular weight is 585 g/mol. The van der Waals surface area contributed by atoms with Gasteiger partial charge in [0, 0.05) is 40.9 Å². The second-order valence-electron chi connectivity index (χ2n) is 12.4. The minimum absolute atomic E-state index is 0.147. The summed E-state index contributed by atoms with van der Waals surface area (Å²) in [6.45, 7) is 4.11. The minimum atomic E-state index is -0.965. The number of aromatic nitrogens is 1. The Morgan fingerprint density at radius 2 is 1.88 bits per heavy atom. The molecule has 3 unspecified atom stereocenters. The van der Waals surface area contributed by atoms with Crippen molar-refractivity contribution in [1.82, 2.24) is 9.47 Å². The van der Waals surface area contributed by atoms with Gasteiger partial charge < -0.3 is 24.0 Å². The van der Waals surface area contributed by atoms with Crippen LogP contribution in [-0.4, -0.2) is 54.0 Å². The third-order valence-corrected chi connectivity index (χ3v) is 9.09. The van der Waals surface area contributed by atoms with Gasteiger partial charge in [0.05, 0.1) is 17.9 Å². The molecule has 0 saturated heterocycles. The summed E-state index contributed by atoms with van der Waals surface area (Å²) in [5, 5.41) is 10.8. The third-order valence-electron chi connectivity index (χ3n) is 9.09. The zero-order valence-corrected chi connectivity index (χ0v) is 25.3. The van der Waals surface area contributed by atoms with Gasteiger partial charge in [-0.3, -0.25) is 0 Å². The largest absolute Gasteiger partial charge is 0.492 e. The van der Waals surface area contributed by atoms with E-state index in [1.165, 1.54) is 0 Å². The fraction of sp³-hybridized carbons (Fsp3) is 0.417. The predicted molar refractivity (Wildman–Crippen MR) is 168 cm³/mol.